The molecule has 1 aromatic heterocycles. The highest BCUT2D eigenvalue weighted by Gasteiger charge is 2.34. The third-order valence-corrected chi connectivity index (χ3v) is 12.4. The molecule has 3 aromatic rings. The number of nitriles is 1. The number of hydrogen-bond donors (Lipinski definition) is 0. The smallest absolute Gasteiger partial charge is 0.200 e. The van der Waals surface area contributed by atoms with E-state index in [0.29, 0.717) is 0 Å². The molecule has 0 N–H and O–H groups in total. The van der Waals surface area contributed by atoms with Crippen LogP contribution in [-0.2, 0) is 7.05 Å². The van der Waals surface area contributed by atoms with Gasteiger partial charge in [-0.3, -0.25) is 0 Å². The Morgan fingerprint density at radius 2 is 1.68 bits per heavy atom. The van der Waals surface area contributed by atoms with Crippen molar-refractivity contribution in [2.75, 3.05) is 0 Å². The summed E-state index contributed by atoms with van der Waals surface area (Å²) in [5.74, 6) is 0. The van der Waals surface area contributed by atoms with Crippen LogP contribution in [0.25, 0.3) is 22.0 Å². The number of pyridine rings is 1. The van der Waals surface area contributed by atoms with E-state index in [1.807, 2.05) is 0 Å². The molecule has 0 radical (unpaired) electrons. The molecular weight excluding hydrogens is 392 g/mol. The summed E-state index contributed by atoms with van der Waals surface area (Å²) in [6.07, 6.45) is 9.25. The van der Waals surface area contributed by atoms with Crippen molar-refractivity contribution >= 4 is 24.0 Å². The fraction of sp³-hybridized carbons (Fsp3) is 0.429. The molecule has 0 saturated heterocycles. The Bertz CT molecular complexity index is 1190. The Morgan fingerprint density at radius 1 is 0.968 bits per heavy atom. The second-order valence-corrected chi connectivity index (χ2v) is 14.9. The Balaban J connectivity index is 1.88. The van der Waals surface area contributed by atoms with Crippen molar-refractivity contribution in [1.29, 1.82) is 5.26 Å². The van der Waals surface area contributed by atoms with Crippen molar-refractivity contribution in [3.05, 3.63) is 58.8 Å². The molecule has 2 aromatic carbocycles. The molecule has 1 aliphatic carbocycles. The Labute approximate surface area is 188 Å². The molecule has 1 fully saturated rings. The van der Waals surface area contributed by atoms with Crippen LogP contribution in [0.3, 0.4) is 0 Å². The largest absolute Gasteiger partial charge is 0.220 e. The highest BCUT2D eigenvalue weighted by Crippen LogP contribution is 2.38. The topological polar surface area (TPSA) is 27.7 Å². The zero-order valence-corrected chi connectivity index (χ0v) is 21.0. The van der Waals surface area contributed by atoms with Crippen molar-refractivity contribution in [3.63, 3.8) is 0 Å². The molecule has 31 heavy (non-hydrogen) atoms. The van der Waals surface area contributed by atoms with Gasteiger partial charge in [0.1, 0.15) is 7.05 Å². The first-order chi connectivity index (χ1) is 14.8. The lowest BCUT2D eigenvalue weighted by atomic mass is 9.91. The van der Waals surface area contributed by atoms with Gasteiger partial charge in [-0.05, 0) is 60.5 Å². The number of rotatable bonds is 3. The zero-order chi connectivity index (χ0) is 22.3. The van der Waals surface area contributed by atoms with Gasteiger partial charge in [-0.2, -0.15) is 5.26 Å². The SMILES string of the molecule is Cc1cc(-c2c3ccc([Si](C)(C)C4CCCCC4)cc3cc[n+]2C)c(C)c(C)c1C#N. The molecule has 2 nitrogen and oxygen atoms in total. The van der Waals surface area contributed by atoms with Gasteiger partial charge < -0.3 is 0 Å². The van der Waals surface area contributed by atoms with Gasteiger partial charge in [-0.15, -0.1) is 0 Å². The number of nitrogens with zero attached hydrogens (tertiary/aromatic N) is 2. The van der Waals surface area contributed by atoms with Gasteiger partial charge in [0.05, 0.1) is 30.7 Å². The summed E-state index contributed by atoms with van der Waals surface area (Å²) in [7, 11) is 0.641. The first-order valence-electron chi connectivity index (χ1n) is 11.7. The highest BCUT2D eigenvalue weighted by atomic mass is 28.3. The van der Waals surface area contributed by atoms with E-state index in [2.05, 4.69) is 88.1 Å². The Hall–Kier alpha value is -2.44. The minimum Gasteiger partial charge on any atom is -0.200 e. The molecule has 1 saturated carbocycles. The predicted molar refractivity (Wildman–Crippen MR) is 133 cm³/mol. The average molecular weight is 428 g/mol. The van der Waals surface area contributed by atoms with Crippen LogP contribution in [-0.4, -0.2) is 8.07 Å². The molecule has 0 atom stereocenters. The molecule has 0 aliphatic heterocycles. The van der Waals surface area contributed by atoms with Crippen molar-refractivity contribution < 1.29 is 4.57 Å². The van der Waals surface area contributed by atoms with Crippen molar-refractivity contribution in [2.45, 2.75) is 71.5 Å². The zero-order valence-electron chi connectivity index (χ0n) is 20.0. The van der Waals surface area contributed by atoms with Gasteiger partial charge in [0.15, 0.2) is 6.20 Å². The summed E-state index contributed by atoms with van der Waals surface area (Å²) < 4.78 is 2.24. The second-order valence-electron chi connectivity index (χ2n) is 10.1. The van der Waals surface area contributed by atoms with Crippen LogP contribution in [0.5, 0.6) is 0 Å². The van der Waals surface area contributed by atoms with Crippen LogP contribution in [0, 0.1) is 32.1 Å². The van der Waals surface area contributed by atoms with E-state index < -0.39 is 8.07 Å². The maximum Gasteiger partial charge on any atom is 0.220 e. The number of fused-ring (bicyclic) bond motifs is 1. The maximum atomic E-state index is 9.57. The minimum atomic E-state index is -1.49. The van der Waals surface area contributed by atoms with Crippen molar-refractivity contribution in [2.24, 2.45) is 7.05 Å². The van der Waals surface area contributed by atoms with Crippen LogP contribution in [0.2, 0.25) is 18.6 Å². The van der Waals surface area contributed by atoms with Crippen LogP contribution in [0.1, 0.15) is 54.4 Å². The molecule has 1 aliphatic rings. The van der Waals surface area contributed by atoms with Crippen LogP contribution < -0.4 is 9.75 Å². The lowest BCUT2D eigenvalue weighted by Crippen LogP contribution is -2.46. The van der Waals surface area contributed by atoms with E-state index in [1.165, 1.54) is 59.7 Å². The van der Waals surface area contributed by atoms with Gasteiger partial charge in [-0.25, -0.2) is 4.57 Å². The number of hydrogen-bond acceptors (Lipinski definition) is 1. The molecule has 0 bridgehead atoms. The van der Waals surface area contributed by atoms with E-state index in [-0.39, 0.29) is 0 Å². The van der Waals surface area contributed by atoms with Crippen LogP contribution >= 0.6 is 0 Å². The monoisotopic (exact) mass is 427 g/mol. The lowest BCUT2D eigenvalue weighted by molar-refractivity contribution is -0.659. The van der Waals surface area contributed by atoms with Gasteiger partial charge in [0, 0.05) is 6.07 Å². The third kappa shape index (κ3) is 3.72. The quantitative estimate of drug-likeness (QED) is 0.352. The molecular formula is C28H35N2Si+. The highest BCUT2D eigenvalue weighted by molar-refractivity contribution is 6.91. The summed E-state index contributed by atoms with van der Waals surface area (Å²) in [5.41, 5.74) is 7.55. The normalized spacial score (nSPS) is 15.3. The van der Waals surface area contributed by atoms with Gasteiger partial charge in [-0.1, -0.05) is 62.5 Å². The molecule has 0 unspecified atom stereocenters. The second kappa shape index (κ2) is 8.24. The molecule has 1 heterocycles. The fourth-order valence-corrected chi connectivity index (χ4v) is 9.03. The van der Waals surface area contributed by atoms with Crippen molar-refractivity contribution in [1.82, 2.24) is 0 Å². The molecule has 0 spiro atoms. The summed E-state index contributed by atoms with van der Waals surface area (Å²) in [6.45, 7) is 11.4. The minimum absolute atomic E-state index is 0.812. The number of aromatic nitrogens is 1. The van der Waals surface area contributed by atoms with E-state index in [1.54, 1.807) is 5.19 Å². The maximum absolute atomic E-state index is 9.57. The first-order valence-corrected chi connectivity index (χ1v) is 14.8. The van der Waals surface area contributed by atoms with E-state index >= 15 is 0 Å². The predicted octanol–water partition coefficient (Wildman–Crippen LogP) is 6.38. The summed E-state index contributed by atoms with van der Waals surface area (Å²) in [5, 5.41) is 13.8. The molecule has 3 heteroatoms. The van der Waals surface area contributed by atoms with Crippen molar-refractivity contribution in [3.8, 4) is 17.3 Å². The van der Waals surface area contributed by atoms with Gasteiger partial charge in [0.2, 0.25) is 5.69 Å². The lowest BCUT2D eigenvalue weighted by Gasteiger charge is -2.36. The van der Waals surface area contributed by atoms with E-state index in [9.17, 15) is 5.26 Å². The van der Waals surface area contributed by atoms with E-state index in [0.717, 1.165) is 22.2 Å². The number of benzene rings is 2. The van der Waals surface area contributed by atoms with Gasteiger partial charge in [0.25, 0.3) is 0 Å². The average Bonchev–Trinajstić information content (AvgIpc) is 2.77. The van der Waals surface area contributed by atoms with Gasteiger partial charge >= 0.3 is 0 Å². The third-order valence-electron chi connectivity index (χ3n) is 7.97. The van der Waals surface area contributed by atoms with E-state index in [4.69, 9.17) is 0 Å². The fourth-order valence-electron chi connectivity index (χ4n) is 5.67. The molecule has 4 rings (SSSR count). The summed E-state index contributed by atoms with van der Waals surface area (Å²) in [6, 6.07) is 14.1. The summed E-state index contributed by atoms with van der Waals surface area (Å²) >= 11 is 0. The van der Waals surface area contributed by atoms with Crippen LogP contribution in [0.4, 0.5) is 0 Å². The van der Waals surface area contributed by atoms with Crippen LogP contribution in [0.15, 0.2) is 36.5 Å². The number of aryl methyl sites for hydroxylation is 2. The standard InChI is InChI=1S/C28H35N2Si/c1-19-16-26(20(2)21(3)27(19)18-29)28-25-13-12-24(17-22(25)14-15-30(28)4)31(5,6)23-10-8-7-9-11-23/h12-17,23H,7-11H2,1-6H3/q+1. The molecule has 160 valence electrons. The first kappa shape index (κ1) is 21.8. The Morgan fingerprint density at radius 3 is 2.35 bits per heavy atom. The molecule has 0 amide bonds. The Kier molecular flexibility index (Phi) is 5.79. The summed E-state index contributed by atoms with van der Waals surface area (Å²) in [4.78, 5) is 0.